The standard InChI is InChI=1S/C17H24N2O/c1-18(2)17-9-11-19(12-10-17)14-16-7-5-15(6-8-16)4-3-13-20/h5-8,17,20H,9-14H2,1-2H3. The van der Waals surface area contributed by atoms with Crippen molar-refractivity contribution in [1.29, 1.82) is 0 Å². The number of likely N-dealkylation sites (tertiary alicyclic amines) is 1. The first-order valence-corrected chi connectivity index (χ1v) is 7.26. The van der Waals surface area contributed by atoms with Crippen LogP contribution in [0.3, 0.4) is 0 Å². The van der Waals surface area contributed by atoms with E-state index in [1.807, 2.05) is 12.1 Å². The number of aliphatic hydroxyl groups is 1. The molecule has 0 aromatic heterocycles. The van der Waals surface area contributed by atoms with Crippen LogP contribution in [0.4, 0.5) is 0 Å². The minimum Gasteiger partial charge on any atom is -0.384 e. The Morgan fingerprint density at radius 3 is 2.40 bits per heavy atom. The first-order chi connectivity index (χ1) is 9.69. The van der Waals surface area contributed by atoms with E-state index in [0.29, 0.717) is 0 Å². The van der Waals surface area contributed by atoms with Crippen molar-refractivity contribution in [3.8, 4) is 11.8 Å². The topological polar surface area (TPSA) is 26.7 Å². The molecule has 0 radical (unpaired) electrons. The normalized spacial score (nSPS) is 17.0. The minimum atomic E-state index is -0.0808. The van der Waals surface area contributed by atoms with Gasteiger partial charge in [0.05, 0.1) is 0 Å². The average Bonchev–Trinajstić information content (AvgIpc) is 2.47. The van der Waals surface area contributed by atoms with Gasteiger partial charge in [-0.2, -0.15) is 0 Å². The van der Waals surface area contributed by atoms with Crippen LogP contribution in [0.5, 0.6) is 0 Å². The van der Waals surface area contributed by atoms with Gasteiger partial charge in [-0.05, 0) is 57.7 Å². The number of rotatable bonds is 3. The zero-order valence-electron chi connectivity index (χ0n) is 12.5. The molecule has 1 fully saturated rings. The Balaban J connectivity index is 1.85. The number of piperidine rings is 1. The highest BCUT2D eigenvalue weighted by atomic mass is 16.2. The van der Waals surface area contributed by atoms with E-state index in [2.05, 4.69) is 47.9 Å². The molecule has 3 nitrogen and oxygen atoms in total. The van der Waals surface area contributed by atoms with Crippen molar-refractivity contribution in [1.82, 2.24) is 9.80 Å². The Kier molecular flexibility index (Phi) is 5.60. The summed E-state index contributed by atoms with van der Waals surface area (Å²) in [5, 5.41) is 8.68. The summed E-state index contributed by atoms with van der Waals surface area (Å²) in [4.78, 5) is 4.86. The van der Waals surface area contributed by atoms with Crippen molar-refractivity contribution in [2.75, 3.05) is 33.8 Å². The lowest BCUT2D eigenvalue weighted by Gasteiger charge is -2.35. The van der Waals surface area contributed by atoms with Crippen molar-refractivity contribution in [3.63, 3.8) is 0 Å². The number of aliphatic hydroxyl groups excluding tert-OH is 1. The second-order valence-corrected chi connectivity index (χ2v) is 5.63. The van der Waals surface area contributed by atoms with Gasteiger partial charge in [0.15, 0.2) is 0 Å². The molecule has 108 valence electrons. The third kappa shape index (κ3) is 4.35. The predicted molar refractivity (Wildman–Crippen MR) is 82.4 cm³/mol. The molecule has 1 aliphatic rings. The SMILES string of the molecule is CN(C)C1CCN(Cc2ccc(C#CCO)cc2)CC1. The van der Waals surface area contributed by atoms with E-state index >= 15 is 0 Å². The van der Waals surface area contributed by atoms with E-state index in [-0.39, 0.29) is 6.61 Å². The van der Waals surface area contributed by atoms with Crippen LogP contribution < -0.4 is 0 Å². The molecule has 0 amide bonds. The molecule has 3 heteroatoms. The van der Waals surface area contributed by atoms with Crippen molar-refractivity contribution < 1.29 is 5.11 Å². The predicted octanol–water partition coefficient (Wildman–Crippen LogP) is 1.56. The Labute approximate surface area is 122 Å². The van der Waals surface area contributed by atoms with Crippen LogP contribution in [0, 0.1) is 11.8 Å². The number of nitrogens with zero attached hydrogens (tertiary/aromatic N) is 2. The van der Waals surface area contributed by atoms with Crippen molar-refractivity contribution in [3.05, 3.63) is 35.4 Å². The number of benzene rings is 1. The second kappa shape index (κ2) is 7.44. The summed E-state index contributed by atoms with van der Waals surface area (Å²) in [6.45, 7) is 3.29. The highest BCUT2D eigenvalue weighted by Gasteiger charge is 2.20. The van der Waals surface area contributed by atoms with Gasteiger partial charge in [-0.1, -0.05) is 24.0 Å². The summed E-state index contributed by atoms with van der Waals surface area (Å²) < 4.78 is 0. The van der Waals surface area contributed by atoms with Gasteiger partial charge in [-0.25, -0.2) is 0 Å². The van der Waals surface area contributed by atoms with Gasteiger partial charge >= 0.3 is 0 Å². The molecule has 1 aromatic carbocycles. The number of hydrogen-bond acceptors (Lipinski definition) is 3. The largest absolute Gasteiger partial charge is 0.384 e. The molecule has 0 aliphatic carbocycles. The van der Waals surface area contributed by atoms with E-state index in [9.17, 15) is 0 Å². The van der Waals surface area contributed by atoms with Gasteiger partial charge in [0.25, 0.3) is 0 Å². The van der Waals surface area contributed by atoms with Crippen LogP contribution >= 0.6 is 0 Å². The molecule has 1 aliphatic heterocycles. The Hall–Kier alpha value is -1.34. The summed E-state index contributed by atoms with van der Waals surface area (Å²) in [5.74, 6) is 5.60. The Bertz CT molecular complexity index is 462. The third-order valence-corrected chi connectivity index (χ3v) is 3.96. The van der Waals surface area contributed by atoms with Crippen LogP contribution in [0.2, 0.25) is 0 Å². The van der Waals surface area contributed by atoms with Crippen molar-refractivity contribution >= 4 is 0 Å². The molecule has 0 bridgehead atoms. The van der Waals surface area contributed by atoms with Crippen LogP contribution in [-0.4, -0.2) is 54.7 Å². The molecule has 1 N–H and O–H groups in total. The molecule has 0 unspecified atom stereocenters. The van der Waals surface area contributed by atoms with Gasteiger partial charge < -0.3 is 10.0 Å². The zero-order valence-corrected chi connectivity index (χ0v) is 12.5. The highest BCUT2D eigenvalue weighted by Crippen LogP contribution is 2.16. The monoisotopic (exact) mass is 272 g/mol. The summed E-state index contributed by atoms with van der Waals surface area (Å²) in [6.07, 6.45) is 2.51. The fraction of sp³-hybridized carbons (Fsp3) is 0.529. The van der Waals surface area contributed by atoms with Gasteiger partial charge in [0, 0.05) is 18.2 Å². The zero-order chi connectivity index (χ0) is 14.4. The molecular formula is C17H24N2O. The Morgan fingerprint density at radius 2 is 1.85 bits per heavy atom. The van der Waals surface area contributed by atoms with Gasteiger partial charge in [-0.3, -0.25) is 4.90 Å². The van der Waals surface area contributed by atoms with Crippen molar-refractivity contribution in [2.24, 2.45) is 0 Å². The molecule has 1 aromatic rings. The smallest absolute Gasteiger partial charge is 0.104 e. The third-order valence-electron chi connectivity index (χ3n) is 3.96. The molecule has 0 spiro atoms. The average molecular weight is 272 g/mol. The molecule has 0 saturated carbocycles. The molecule has 20 heavy (non-hydrogen) atoms. The van der Waals surface area contributed by atoms with E-state index in [1.165, 1.54) is 31.5 Å². The molecule has 1 saturated heterocycles. The first kappa shape index (κ1) is 15.1. The van der Waals surface area contributed by atoms with Crippen LogP contribution in [0.1, 0.15) is 24.0 Å². The maximum absolute atomic E-state index is 8.68. The summed E-state index contributed by atoms with van der Waals surface area (Å²) >= 11 is 0. The van der Waals surface area contributed by atoms with E-state index < -0.39 is 0 Å². The fourth-order valence-electron chi connectivity index (χ4n) is 2.69. The summed E-state index contributed by atoms with van der Waals surface area (Å²) in [5.41, 5.74) is 2.30. The van der Waals surface area contributed by atoms with Crippen LogP contribution in [-0.2, 0) is 6.54 Å². The Morgan fingerprint density at radius 1 is 1.20 bits per heavy atom. The van der Waals surface area contributed by atoms with Gasteiger partial charge in [0.1, 0.15) is 6.61 Å². The maximum atomic E-state index is 8.68. The fourth-order valence-corrected chi connectivity index (χ4v) is 2.69. The lowest BCUT2D eigenvalue weighted by Crippen LogP contribution is -2.41. The summed E-state index contributed by atoms with van der Waals surface area (Å²) in [6, 6.07) is 9.08. The molecule has 0 atom stereocenters. The molecular weight excluding hydrogens is 248 g/mol. The summed E-state index contributed by atoms with van der Waals surface area (Å²) in [7, 11) is 4.35. The lowest BCUT2D eigenvalue weighted by atomic mass is 10.0. The minimum absolute atomic E-state index is 0.0808. The van der Waals surface area contributed by atoms with E-state index in [4.69, 9.17) is 5.11 Å². The number of hydrogen-bond donors (Lipinski definition) is 1. The van der Waals surface area contributed by atoms with Crippen LogP contribution in [0.25, 0.3) is 0 Å². The van der Waals surface area contributed by atoms with Gasteiger partial charge in [-0.15, -0.1) is 0 Å². The van der Waals surface area contributed by atoms with E-state index in [0.717, 1.165) is 18.2 Å². The maximum Gasteiger partial charge on any atom is 0.104 e. The van der Waals surface area contributed by atoms with E-state index in [1.54, 1.807) is 0 Å². The quantitative estimate of drug-likeness (QED) is 0.846. The molecule has 2 rings (SSSR count). The lowest BCUT2D eigenvalue weighted by molar-refractivity contribution is 0.140. The van der Waals surface area contributed by atoms with Crippen LogP contribution in [0.15, 0.2) is 24.3 Å². The highest BCUT2D eigenvalue weighted by molar-refractivity contribution is 5.36. The van der Waals surface area contributed by atoms with Gasteiger partial charge in [0.2, 0.25) is 0 Å². The second-order valence-electron chi connectivity index (χ2n) is 5.63. The van der Waals surface area contributed by atoms with Crippen molar-refractivity contribution in [2.45, 2.75) is 25.4 Å². The molecule has 1 heterocycles. The first-order valence-electron chi connectivity index (χ1n) is 7.26.